The van der Waals surface area contributed by atoms with E-state index in [2.05, 4.69) is 16.0 Å². The summed E-state index contributed by atoms with van der Waals surface area (Å²) in [6, 6.07) is 4.96. The molecule has 1 aliphatic carbocycles. The van der Waals surface area contributed by atoms with Gasteiger partial charge in [-0.2, -0.15) is 0 Å². The standard InChI is InChI=1S/C21H24N4O4/c26-17-6-5-16(18(27)24-17)25-19(28)14-4-3-12(8-15(14)20(25)29)10-23-21-7-1-2-13(9-21)22-11-21/h3-4,8,13,16,22-23H,1-2,5-7,9-11H2,(H,24,26,27). The maximum Gasteiger partial charge on any atom is 0.262 e. The molecule has 3 unspecified atom stereocenters. The summed E-state index contributed by atoms with van der Waals surface area (Å²) in [7, 11) is 0. The van der Waals surface area contributed by atoms with Crippen LogP contribution < -0.4 is 16.0 Å². The number of nitrogens with one attached hydrogen (secondary N) is 3. The van der Waals surface area contributed by atoms with Crippen LogP contribution >= 0.6 is 0 Å². The average molecular weight is 396 g/mol. The summed E-state index contributed by atoms with van der Waals surface area (Å²) in [4.78, 5) is 50.2. The van der Waals surface area contributed by atoms with Crippen molar-refractivity contribution in [2.75, 3.05) is 6.54 Å². The number of hydrogen-bond donors (Lipinski definition) is 3. The van der Waals surface area contributed by atoms with Crippen molar-refractivity contribution in [1.29, 1.82) is 0 Å². The molecule has 1 saturated carbocycles. The predicted octanol–water partition coefficient (Wildman–Crippen LogP) is 0.462. The Bertz CT molecular complexity index is 925. The van der Waals surface area contributed by atoms with Crippen molar-refractivity contribution in [3.05, 3.63) is 34.9 Å². The van der Waals surface area contributed by atoms with Crippen LogP contribution in [0.4, 0.5) is 0 Å². The summed E-state index contributed by atoms with van der Waals surface area (Å²) >= 11 is 0. The summed E-state index contributed by atoms with van der Waals surface area (Å²) in [5, 5.41) is 9.46. The number of carbonyl (C=O) groups excluding carboxylic acids is 4. The Balaban J connectivity index is 1.33. The maximum absolute atomic E-state index is 12.9. The molecule has 2 saturated heterocycles. The first-order valence-corrected chi connectivity index (χ1v) is 10.3. The summed E-state index contributed by atoms with van der Waals surface area (Å²) in [5.74, 6) is -1.88. The molecule has 0 aromatic heterocycles. The Kier molecular flexibility index (Phi) is 4.29. The van der Waals surface area contributed by atoms with Crippen LogP contribution in [-0.2, 0) is 16.1 Å². The fraction of sp³-hybridized carbons (Fsp3) is 0.524. The number of rotatable bonds is 4. The summed E-state index contributed by atoms with van der Waals surface area (Å²) in [5.41, 5.74) is 1.71. The highest BCUT2D eigenvalue weighted by Crippen LogP contribution is 2.34. The molecule has 8 heteroatoms. The molecule has 4 aliphatic rings. The maximum atomic E-state index is 12.9. The predicted molar refractivity (Wildman–Crippen MR) is 103 cm³/mol. The van der Waals surface area contributed by atoms with Gasteiger partial charge >= 0.3 is 0 Å². The Labute approximate surface area is 168 Å². The molecule has 2 bridgehead atoms. The van der Waals surface area contributed by atoms with E-state index in [0.717, 1.165) is 29.8 Å². The van der Waals surface area contributed by atoms with E-state index in [1.165, 1.54) is 12.8 Å². The number of benzene rings is 1. The zero-order valence-electron chi connectivity index (χ0n) is 16.1. The van der Waals surface area contributed by atoms with Gasteiger partial charge in [-0.15, -0.1) is 0 Å². The molecule has 5 rings (SSSR count). The van der Waals surface area contributed by atoms with Gasteiger partial charge in [0.2, 0.25) is 11.8 Å². The fourth-order valence-corrected chi connectivity index (χ4v) is 5.18. The first kappa shape index (κ1) is 18.4. The molecule has 0 radical (unpaired) electrons. The number of fused-ring (bicyclic) bond motifs is 3. The van der Waals surface area contributed by atoms with Crippen molar-refractivity contribution in [3.63, 3.8) is 0 Å². The summed E-state index contributed by atoms with van der Waals surface area (Å²) in [6.07, 6.45) is 5.00. The number of piperidine rings is 1. The van der Waals surface area contributed by atoms with Crippen LogP contribution in [0, 0.1) is 0 Å². The van der Waals surface area contributed by atoms with Gasteiger partial charge in [-0.05, 0) is 43.4 Å². The molecule has 3 fully saturated rings. The van der Waals surface area contributed by atoms with Crippen molar-refractivity contribution in [3.8, 4) is 0 Å². The highest BCUT2D eigenvalue weighted by atomic mass is 16.2. The van der Waals surface area contributed by atoms with E-state index in [-0.39, 0.29) is 24.3 Å². The zero-order chi connectivity index (χ0) is 20.2. The van der Waals surface area contributed by atoms with Crippen LogP contribution in [0.25, 0.3) is 0 Å². The smallest absolute Gasteiger partial charge is 0.262 e. The Morgan fingerprint density at radius 3 is 2.76 bits per heavy atom. The van der Waals surface area contributed by atoms with Crippen LogP contribution in [-0.4, -0.2) is 52.7 Å². The van der Waals surface area contributed by atoms with E-state index >= 15 is 0 Å². The molecule has 3 heterocycles. The molecule has 29 heavy (non-hydrogen) atoms. The van der Waals surface area contributed by atoms with E-state index < -0.39 is 23.8 Å². The molecule has 3 atom stereocenters. The second-order valence-electron chi connectivity index (χ2n) is 8.64. The van der Waals surface area contributed by atoms with Crippen molar-refractivity contribution in [1.82, 2.24) is 20.9 Å². The lowest BCUT2D eigenvalue weighted by atomic mass is 9.83. The number of nitrogens with zero attached hydrogens (tertiary/aromatic N) is 1. The molecule has 8 nitrogen and oxygen atoms in total. The highest BCUT2D eigenvalue weighted by molar-refractivity contribution is 6.23. The van der Waals surface area contributed by atoms with Gasteiger partial charge in [0.1, 0.15) is 6.04 Å². The SMILES string of the molecule is O=C1CCC(N2C(=O)c3ccc(CNC45CCCC(C4)NC5)cc3C2=O)C(=O)N1. The minimum Gasteiger partial charge on any atom is -0.312 e. The van der Waals surface area contributed by atoms with E-state index in [9.17, 15) is 19.2 Å². The largest absolute Gasteiger partial charge is 0.312 e. The molecule has 3 aliphatic heterocycles. The quantitative estimate of drug-likeness (QED) is 0.639. The molecular formula is C21H24N4O4. The van der Waals surface area contributed by atoms with Crippen LogP contribution in [0.2, 0.25) is 0 Å². The van der Waals surface area contributed by atoms with Gasteiger partial charge < -0.3 is 10.6 Å². The van der Waals surface area contributed by atoms with E-state index in [1.54, 1.807) is 12.1 Å². The molecule has 1 aromatic rings. The van der Waals surface area contributed by atoms with Crippen molar-refractivity contribution in [2.45, 2.75) is 62.7 Å². The zero-order valence-corrected chi connectivity index (χ0v) is 16.1. The van der Waals surface area contributed by atoms with Gasteiger partial charge in [0.15, 0.2) is 0 Å². The second-order valence-corrected chi connectivity index (χ2v) is 8.64. The monoisotopic (exact) mass is 396 g/mol. The molecule has 1 aromatic carbocycles. The third kappa shape index (κ3) is 3.07. The van der Waals surface area contributed by atoms with E-state index in [4.69, 9.17) is 0 Å². The van der Waals surface area contributed by atoms with Gasteiger partial charge in [0.05, 0.1) is 11.1 Å². The van der Waals surface area contributed by atoms with Gasteiger partial charge in [-0.1, -0.05) is 12.5 Å². The molecule has 152 valence electrons. The van der Waals surface area contributed by atoms with Crippen molar-refractivity contribution < 1.29 is 19.2 Å². The number of imide groups is 2. The number of carbonyl (C=O) groups is 4. The van der Waals surface area contributed by atoms with Gasteiger partial charge in [-0.25, -0.2) is 0 Å². The highest BCUT2D eigenvalue weighted by Gasteiger charge is 2.45. The second kappa shape index (κ2) is 6.74. The van der Waals surface area contributed by atoms with Gasteiger partial charge in [-0.3, -0.25) is 29.4 Å². The fourth-order valence-electron chi connectivity index (χ4n) is 5.18. The third-order valence-electron chi connectivity index (χ3n) is 6.75. The lowest BCUT2D eigenvalue weighted by molar-refractivity contribution is -0.136. The molecule has 4 amide bonds. The van der Waals surface area contributed by atoms with Crippen LogP contribution in [0.3, 0.4) is 0 Å². The third-order valence-corrected chi connectivity index (χ3v) is 6.75. The molecule has 3 N–H and O–H groups in total. The van der Waals surface area contributed by atoms with Crippen molar-refractivity contribution in [2.24, 2.45) is 0 Å². The van der Waals surface area contributed by atoms with Crippen LogP contribution in [0.15, 0.2) is 18.2 Å². The first-order valence-electron chi connectivity index (χ1n) is 10.3. The summed E-state index contributed by atoms with van der Waals surface area (Å²) in [6.45, 7) is 1.59. The normalized spacial score (nSPS) is 31.2. The topological polar surface area (TPSA) is 108 Å². The first-order chi connectivity index (χ1) is 14.0. The van der Waals surface area contributed by atoms with E-state index in [1.807, 2.05) is 6.07 Å². The molecule has 0 spiro atoms. The molecular weight excluding hydrogens is 372 g/mol. The number of amides is 4. The Morgan fingerprint density at radius 1 is 1.10 bits per heavy atom. The average Bonchev–Trinajstić information content (AvgIpc) is 3.14. The minimum atomic E-state index is -0.927. The Morgan fingerprint density at radius 2 is 1.93 bits per heavy atom. The van der Waals surface area contributed by atoms with Crippen LogP contribution in [0.1, 0.15) is 64.8 Å². The Hall–Kier alpha value is -2.58. The van der Waals surface area contributed by atoms with Gasteiger partial charge in [0.25, 0.3) is 11.8 Å². The lowest BCUT2D eigenvalue weighted by Crippen LogP contribution is -2.54. The van der Waals surface area contributed by atoms with Crippen LogP contribution in [0.5, 0.6) is 0 Å². The lowest BCUT2D eigenvalue weighted by Gasteiger charge is -2.33. The summed E-state index contributed by atoms with van der Waals surface area (Å²) < 4.78 is 0. The van der Waals surface area contributed by atoms with Crippen molar-refractivity contribution >= 4 is 23.6 Å². The van der Waals surface area contributed by atoms with E-state index in [0.29, 0.717) is 23.7 Å². The van der Waals surface area contributed by atoms with Gasteiger partial charge in [0, 0.05) is 31.1 Å². The number of hydrogen-bond acceptors (Lipinski definition) is 6. The minimum absolute atomic E-state index is 0.112.